The predicted molar refractivity (Wildman–Crippen MR) is 77.7 cm³/mol. The van der Waals surface area contributed by atoms with E-state index < -0.39 is 0 Å². The summed E-state index contributed by atoms with van der Waals surface area (Å²) in [6.45, 7) is 7.77. The Morgan fingerprint density at radius 3 is 2.82 bits per heavy atom. The van der Waals surface area contributed by atoms with Crippen molar-refractivity contribution in [1.29, 1.82) is 0 Å². The quantitative estimate of drug-likeness (QED) is 0.869. The number of hydrogen-bond donors (Lipinski definition) is 1. The van der Waals surface area contributed by atoms with Crippen molar-refractivity contribution in [3.05, 3.63) is 33.3 Å². The van der Waals surface area contributed by atoms with E-state index in [1.807, 2.05) is 6.07 Å². The summed E-state index contributed by atoms with van der Waals surface area (Å²) in [5.41, 5.74) is 1.55. The van der Waals surface area contributed by atoms with E-state index >= 15 is 0 Å². The first-order valence-corrected chi connectivity index (χ1v) is 7.29. The summed E-state index contributed by atoms with van der Waals surface area (Å²) >= 11 is 9.78. The van der Waals surface area contributed by atoms with Gasteiger partial charge in [-0.1, -0.05) is 54.4 Å². The molecule has 2 unspecified atom stereocenters. The summed E-state index contributed by atoms with van der Waals surface area (Å²) < 4.78 is 1.05. The molecular weight excluding hydrogens is 298 g/mol. The van der Waals surface area contributed by atoms with Gasteiger partial charge >= 0.3 is 0 Å². The van der Waals surface area contributed by atoms with Crippen LogP contribution in [0.2, 0.25) is 5.02 Å². The van der Waals surface area contributed by atoms with Crippen LogP contribution in [0.4, 0.5) is 0 Å². The molecule has 3 heteroatoms. The monoisotopic (exact) mass is 315 g/mol. The predicted octanol–water partition coefficient (Wildman–Crippen LogP) is 4.38. The molecule has 0 aliphatic heterocycles. The fourth-order valence-electron chi connectivity index (χ4n) is 2.41. The first-order valence-electron chi connectivity index (χ1n) is 6.12. The Balaban J connectivity index is 2.08. The van der Waals surface area contributed by atoms with Crippen LogP contribution in [0.3, 0.4) is 0 Å². The highest BCUT2D eigenvalue weighted by molar-refractivity contribution is 9.10. The molecule has 1 aromatic carbocycles. The van der Waals surface area contributed by atoms with Crippen molar-refractivity contribution in [3.8, 4) is 0 Å². The lowest BCUT2D eigenvalue weighted by atomic mass is 9.95. The molecule has 0 spiro atoms. The van der Waals surface area contributed by atoms with Crippen LogP contribution in [0.25, 0.3) is 0 Å². The van der Waals surface area contributed by atoms with Gasteiger partial charge in [0.25, 0.3) is 0 Å². The van der Waals surface area contributed by atoms with Gasteiger partial charge in [-0.2, -0.15) is 0 Å². The maximum Gasteiger partial charge on any atom is 0.0454 e. The Hall–Kier alpha value is -0.0500. The Labute approximate surface area is 117 Å². The minimum absolute atomic E-state index is 0.264. The topological polar surface area (TPSA) is 12.0 Å². The standard InChI is InChI=1S/C14H19BrClN/c1-9(2)17-8-10-7-14(10,3)12-5-4-11(15)6-13(12)16/h4-6,9-10,17H,7-8H2,1-3H3. The smallest absolute Gasteiger partial charge is 0.0454 e. The molecule has 0 amide bonds. The van der Waals surface area contributed by atoms with Gasteiger partial charge in [-0.3, -0.25) is 0 Å². The van der Waals surface area contributed by atoms with Crippen LogP contribution in [0.5, 0.6) is 0 Å². The molecule has 0 saturated heterocycles. The second kappa shape index (κ2) is 4.91. The number of benzene rings is 1. The first-order chi connectivity index (χ1) is 7.93. The van der Waals surface area contributed by atoms with Gasteiger partial charge in [-0.05, 0) is 42.0 Å². The van der Waals surface area contributed by atoms with E-state index in [1.165, 1.54) is 12.0 Å². The summed E-state index contributed by atoms with van der Waals surface area (Å²) in [6, 6.07) is 6.78. The lowest BCUT2D eigenvalue weighted by molar-refractivity contribution is 0.528. The van der Waals surface area contributed by atoms with Crippen molar-refractivity contribution in [2.75, 3.05) is 6.54 Å². The summed E-state index contributed by atoms with van der Waals surface area (Å²) in [5, 5.41) is 4.39. The van der Waals surface area contributed by atoms with Crippen molar-refractivity contribution >= 4 is 27.5 Å². The first kappa shape index (κ1) is 13.4. The normalized spacial score (nSPS) is 27.5. The molecule has 1 nitrogen and oxygen atoms in total. The molecule has 1 aliphatic rings. The lowest BCUT2D eigenvalue weighted by Gasteiger charge is -2.15. The average molecular weight is 317 g/mol. The van der Waals surface area contributed by atoms with E-state index in [9.17, 15) is 0 Å². The molecule has 0 aromatic heterocycles. The minimum atomic E-state index is 0.264. The van der Waals surface area contributed by atoms with Crippen LogP contribution in [0.1, 0.15) is 32.8 Å². The molecule has 0 radical (unpaired) electrons. The van der Waals surface area contributed by atoms with Crippen molar-refractivity contribution in [2.24, 2.45) is 5.92 Å². The molecule has 1 N–H and O–H groups in total. The highest BCUT2D eigenvalue weighted by Crippen LogP contribution is 2.55. The van der Waals surface area contributed by atoms with Crippen molar-refractivity contribution in [2.45, 2.75) is 38.6 Å². The van der Waals surface area contributed by atoms with E-state index in [4.69, 9.17) is 11.6 Å². The molecule has 0 bridgehead atoms. The number of halogens is 2. The summed E-state index contributed by atoms with van der Waals surface area (Å²) in [4.78, 5) is 0. The number of hydrogen-bond acceptors (Lipinski definition) is 1. The number of rotatable bonds is 4. The number of nitrogens with one attached hydrogen (secondary N) is 1. The molecule has 1 fully saturated rings. The fraction of sp³-hybridized carbons (Fsp3) is 0.571. The molecule has 2 rings (SSSR count). The van der Waals surface area contributed by atoms with Crippen molar-refractivity contribution in [3.63, 3.8) is 0 Å². The second-order valence-electron chi connectivity index (χ2n) is 5.51. The Morgan fingerprint density at radius 1 is 1.53 bits per heavy atom. The van der Waals surface area contributed by atoms with Crippen LogP contribution in [-0.2, 0) is 5.41 Å². The van der Waals surface area contributed by atoms with Gasteiger partial charge < -0.3 is 5.32 Å². The Kier molecular flexibility index (Phi) is 3.86. The lowest BCUT2D eigenvalue weighted by Crippen LogP contribution is -2.26. The van der Waals surface area contributed by atoms with Gasteiger partial charge in [0.2, 0.25) is 0 Å². The summed E-state index contributed by atoms with van der Waals surface area (Å²) in [7, 11) is 0. The van der Waals surface area contributed by atoms with Gasteiger partial charge in [0, 0.05) is 15.5 Å². The van der Waals surface area contributed by atoms with Gasteiger partial charge in [0.15, 0.2) is 0 Å². The van der Waals surface area contributed by atoms with Crippen LogP contribution in [0.15, 0.2) is 22.7 Å². The second-order valence-corrected chi connectivity index (χ2v) is 6.83. The third-order valence-electron chi connectivity index (χ3n) is 3.73. The maximum absolute atomic E-state index is 6.33. The zero-order chi connectivity index (χ0) is 12.6. The van der Waals surface area contributed by atoms with E-state index in [-0.39, 0.29) is 5.41 Å². The Bertz CT molecular complexity index is 419. The highest BCUT2D eigenvalue weighted by atomic mass is 79.9. The largest absolute Gasteiger partial charge is 0.314 e. The van der Waals surface area contributed by atoms with Crippen molar-refractivity contribution in [1.82, 2.24) is 5.32 Å². The fourth-order valence-corrected chi connectivity index (χ4v) is 3.30. The van der Waals surface area contributed by atoms with E-state index in [0.29, 0.717) is 12.0 Å². The zero-order valence-corrected chi connectivity index (χ0v) is 12.9. The summed E-state index contributed by atoms with van der Waals surface area (Å²) in [5.74, 6) is 0.712. The molecule has 0 heterocycles. The maximum atomic E-state index is 6.33. The van der Waals surface area contributed by atoms with Crippen molar-refractivity contribution < 1.29 is 0 Å². The SMILES string of the molecule is CC(C)NCC1CC1(C)c1ccc(Br)cc1Cl. The van der Waals surface area contributed by atoms with Crippen LogP contribution >= 0.6 is 27.5 Å². The molecule has 1 aromatic rings. The van der Waals surface area contributed by atoms with Gasteiger partial charge in [-0.15, -0.1) is 0 Å². The van der Waals surface area contributed by atoms with E-state index in [1.54, 1.807) is 0 Å². The van der Waals surface area contributed by atoms with Crippen LogP contribution in [-0.4, -0.2) is 12.6 Å². The van der Waals surface area contributed by atoms with E-state index in [2.05, 4.69) is 54.2 Å². The molecule has 1 aliphatic carbocycles. The van der Waals surface area contributed by atoms with E-state index in [0.717, 1.165) is 16.0 Å². The third kappa shape index (κ3) is 2.86. The molecule has 94 valence electrons. The molecule has 17 heavy (non-hydrogen) atoms. The zero-order valence-electron chi connectivity index (χ0n) is 10.6. The van der Waals surface area contributed by atoms with Crippen LogP contribution < -0.4 is 5.32 Å². The van der Waals surface area contributed by atoms with Gasteiger partial charge in [-0.25, -0.2) is 0 Å². The molecular formula is C14H19BrClN. The minimum Gasteiger partial charge on any atom is -0.314 e. The van der Waals surface area contributed by atoms with Gasteiger partial charge in [0.05, 0.1) is 0 Å². The highest BCUT2D eigenvalue weighted by Gasteiger charge is 2.51. The van der Waals surface area contributed by atoms with Gasteiger partial charge in [0.1, 0.15) is 0 Å². The summed E-state index contributed by atoms with van der Waals surface area (Å²) in [6.07, 6.45) is 1.23. The molecule has 2 atom stereocenters. The average Bonchev–Trinajstić information content (AvgIpc) is 2.87. The Morgan fingerprint density at radius 2 is 2.24 bits per heavy atom. The third-order valence-corrected chi connectivity index (χ3v) is 4.54. The molecule has 1 saturated carbocycles. The van der Waals surface area contributed by atoms with Crippen LogP contribution in [0, 0.1) is 5.92 Å².